The second-order valence-corrected chi connectivity index (χ2v) is 5.84. The Morgan fingerprint density at radius 2 is 2.00 bits per heavy atom. The quantitative estimate of drug-likeness (QED) is 0.685. The SMILES string of the molecule is CC(C)N(CC(F)(F)F)C(=O)c1ccc(I)c(Cl)c1. The van der Waals surface area contributed by atoms with Crippen LogP contribution in [0.1, 0.15) is 24.2 Å². The van der Waals surface area contributed by atoms with Crippen LogP contribution in [0, 0.1) is 3.57 Å². The highest BCUT2D eigenvalue weighted by atomic mass is 127. The molecule has 0 saturated heterocycles. The number of benzene rings is 1. The van der Waals surface area contributed by atoms with Crippen LogP contribution in [0.3, 0.4) is 0 Å². The summed E-state index contributed by atoms with van der Waals surface area (Å²) >= 11 is 7.86. The van der Waals surface area contributed by atoms with Crippen LogP contribution < -0.4 is 0 Å². The van der Waals surface area contributed by atoms with E-state index < -0.39 is 24.7 Å². The number of amides is 1. The Morgan fingerprint density at radius 1 is 1.42 bits per heavy atom. The minimum absolute atomic E-state index is 0.156. The van der Waals surface area contributed by atoms with Crippen molar-refractivity contribution in [3.05, 3.63) is 32.4 Å². The van der Waals surface area contributed by atoms with Crippen LogP contribution in [-0.4, -0.2) is 29.6 Å². The van der Waals surface area contributed by atoms with E-state index in [1.165, 1.54) is 26.0 Å². The topological polar surface area (TPSA) is 20.3 Å². The third-order valence-electron chi connectivity index (χ3n) is 2.40. The zero-order valence-electron chi connectivity index (χ0n) is 10.3. The molecule has 0 N–H and O–H groups in total. The van der Waals surface area contributed by atoms with Gasteiger partial charge in [-0.05, 0) is 54.6 Å². The molecule has 0 aliphatic heterocycles. The van der Waals surface area contributed by atoms with Gasteiger partial charge in [0.25, 0.3) is 5.91 Å². The highest BCUT2D eigenvalue weighted by Gasteiger charge is 2.34. The number of carbonyl (C=O) groups is 1. The van der Waals surface area contributed by atoms with Gasteiger partial charge in [0.2, 0.25) is 0 Å². The summed E-state index contributed by atoms with van der Waals surface area (Å²) in [5, 5.41) is 0.349. The van der Waals surface area contributed by atoms with E-state index in [9.17, 15) is 18.0 Å². The van der Waals surface area contributed by atoms with Gasteiger partial charge in [0.05, 0.1) is 5.02 Å². The molecule has 1 aromatic carbocycles. The van der Waals surface area contributed by atoms with Gasteiger partial charge in [-0.1, -0.05) is 11.6 Å². The molecule has 0 bridgehead atoms. The van der Waals surface area contributed by atoms with Crippen molar-refractivity contribution in [1.29, 1.82) is 0 Å². The van der Waals surface area contributed by atoms with Gasteiger partial charge in [-0.3, -0.25) is 4.79 Å². The van der Waals surface area contributed by atoms with Crippen molar-refractivity contribution in [3.63, 3.8) is 0 Å². The van der Waals surface area contributed by atoms with E-state index in [-0.39, 0.29) is 5.56 Å². The maximum atomic E-state index is 12.5. The molecule has 2 nitrogen and oxygen atoms in total. The summed E-state index contributed by atoms with van der Waals surface area (Å²) in [7, 11) is 0. The van der Waals surface area contributed by atoms with E-state index in [0.717, 1.165) is 8.47 Å². The fraction of sp³-hybridized carbons (Fsp3) is 0.417. The lowest BCUT2D eigenvalue weighted by atomic mass is 10.1. The van der Waals surface area contributed by atoms with Crippen LogP contribution >= 0.6 is 34.2 Å². The molecular formula is C12H12ClF3INO. The molecule has 1 amide bonds. The van der Waals surface area contributed by atoms with Gasteiger partial charge in [-0.15, -0.1) is 0 Å². The van der Waals surface area contributed by atoms with Crippen LogP contribution in [0.15, 0.2) is 18.2 Å². The van der Waals surface area contributed by atoms with Crippen molar-refractivity contribution in [2.24, 2.45) is 0 Å². The summed E-state index contributed by atoms with van der Waals surface area (Å²) in [5.74, 6) is -0.675. The Balaban J connectivity index is 3.02. The van der Waals surface area contributed by atoms with Gasteiger partial charge in [0, 0.05) is 15.2 Å². The summed E-state index contributed by atoms with van der Waals surface area (Å²) < 4.78 is 38.1. The first kappa shape index (κ1) is 16.6. The Kier molecular flexibility index (Phi) is 5.49. The summed E-state index contributed by atoms with van der Waals surface area (Å²) in [5.41, 5.74) is 0.156. The Labute approximate surface area is 128 Å². The standard InChI is InChI=1S/C12H12ClF3INO/c1-7(2)18(6-12(14,15)16)11(19)8-3-4-10(17)9(13)5-8/h3-5,7H,6H2,1-2H3. The van der Waals surface area contributed by atoms with Crippen molar-refractivity contribution in [1.82, 2.24) is 4.90 Å². The smallest absolute Gasteiger partial charge is 0.327 e. The fourth-order valence-electron chi connectivity index (χ4n) is 1.48. The van der Waals surface area contributed by atoms with Gasteiger partial charge in [-0.25, -0.2) is 0 Å². The summed E-state index contributed by atoms with van der Waals surface area (Å²) in [4.78, 5) is 12.9. The minimum atomic E-state index is -4.42. The predicted molar refractivity (Wildman–Crippen MR) is 76.4 cm³/mol. The average Bonchev–Trinajstić information content (AvgIpc) is 2.27. The van der Waals surface area contributed by atoms with E-state index in [1.807, 2.05) is 22.6 Å². The van der Waals surface area contributed by atoms with Crippen molar-refractivity contribution in [2.45, 2.75) is 26.1 Å². The van der Waals surface area contributed by atoms with Crippen LogP contribution in [0.4, 0.5) is 13.2 Å². The van der Waals surface area contributed by atoms with Gasteiger partial charge < -0.3 is 4.90 Å². The number of alkyl halides is 3. The molecule has 106 valence electrons. The molecule has 19 heavy (non-hydrogen) atoms. The number of hydrogen-bond donors (Lipinski definition) is 0. The molecule has 0 saturated carbocycles. The number of halogens is 5. The molecule has 0 atom stereocenters. The van der Waals surface area contributed by atoms with Gasteiger partial charge in [0.15, 0.2) is 0 Å². The Hall–Kier alpha value is -0.500. The lowest BCUT2D eigenvalue weighted by Gasteiger charge is -2.27. The summed E-state index contributed by atoms with van der Waals surface area (Å²) in [6.45, 7) is 1.81. The third kappa shape index (κ3) is 4.83. The van der Waals surface area contributed by atoms with Gasteiger partial charge >= 0.3 is 6.18 Å². The van der Waals surface area contributed by atoms with Crippen LogP contribution in [0.2, 0.25) is 5.02 Å². The van der Waals surface area contributed by atoms with E-state index >= 15 is 0 Å². The average molecular weight is 406 g/mol. The molecule has 0 aliphatic rings. The van der Waals surface area contributed by atoms with E-state index in [1.54, 1.807) is 6.07 Å². The predicted octanol–water partition coefficient (Wildman–Crippen LogP) is 4.36. The highest BCUT2D eigenvalue weighted by Crippen LogP contribution is 2.23. The molecular weight excluding hydrogens is 393 g/mol. The first-order valence-corrected chi connectivity index (χ1v) is 6.90. The highest BCUT2D eigenvalue weighted by molar-refractivity contribution is 14.1. The number of carbonyl (C=O) groups excluding carboxylic acids is 1. The minimum Gasteiger partial charge on any atom is -0.327 e. The summed E-state index contributed by atoms with van der Waals surface area (Å²) in [6.07, 6.45) is -4.42. The molecule has 0 radical (unpaired) electrons. The number of nitrogens with zero attached hydrogens (tertiary/aromatic N) is 1. The molecule has 0 fully saturated rings. The van der Waals surface area contributed by atoms with Crippen molar-refractivity contribution >= 4 is 40.1 Å². The molecule has 1 rings (SSSR count). The fourth-order valence-corrected chi connectivity index (χ4v) is 1.99. The van der Waals surface area contributed by atoms with Crippen LogP contribution in [0.5, 0.6) is 0 Å². The van der Waals surface area contributed by atoms with Crippen molar-refractivity contribution in [3.8, 4) is 0 Å². The second-order valence-electron chi connectivity index (χ2n) is 4.27. The first-order chi connectivity index (χ1) is 8.61. The Bertz CT molecular complexity index is 477. The lowest BCUT2D eigenvalue weighted by Crippen LogP contribution is -2.43. The number of rotatable bonds is 3. The molecule has 0 unspecified atom stereocenters. The maximum absolute atomic E-state index is 12.5. The van der Waals surface area contributed by atoms with Crippen LogP contribution in [0.25, 0.3) is 0 Å². The Morgan fingerprint density at radius 3 is 2.42 bits per heavy atom. The molecule has 0 aromatic heterocycles. The van der Waals surface area contributed by atoms with Gasteiger partial charge in [0.1, 0.15) is 6.54 Å². The van der Waals surface area contributed by atoms with E-state index in [4.69, 9.17) is 11.6 Å². The van der Waals surface area contributed by atoms with Crippen LogP contribution in [-0.2, 0) is 0 Å². The maximum Gasteiger partial charge on any atom is 0.406 e. The van der Waals surface area contributed by atoms with Gasteiger partial charge in [-0.2, -0.15) is 13.2 Å². The monoisotopic (exact) mass is 405 g/mol. The van der Waals surface area contributed by atoms with E-state index in [2.05, 4.69) is 0 Å². The zero-order chi connectivity index (χ0) is 14.8. The summed E-state index contributed by atoms with van der Waals surface area (Å²) in [6, 6.07) is 3.91. The second kappa shape index (κ2) is 6.30. The lowest BCUT2D eigenvalue weighted by molar-refractivity contribution is -0.143. The van der Waals surface area contributed by atoms with E-state index in [0.29, 0.717) is 5.02 Å². The third-order valence-corrected chi connectivity index (χ3v) is 3.97. The van der Waals surface area contributed by atoms with Crippen molar-refractivity contribution < 1.29 is 18.0 Å². The normalized spacial score (nSPS) is 11.8. The molecule has 1 aromatic rings. The first-order valence-electron chi connectivity index (χ1n) is 5.44. The zero-order valence-corrected chi connectivity index (χ0v) is 13.2. The molecule has 0 aliphatic carbocycles. The molecule has 7 heteroatoms. The van der Waals surface area contributed by atoms with Crippen molar-refractivity contribution in [2.75, 3.05) is 6.54 Å². The largest absolute Gasteiger partial charge is 0.406 e. The molecule has 0 spiro atoms. The number of hydrogen-bond acceptors (Lipinski definition) is 1. The molecule has 0 heterocycles.